The van der Waals surface area contributed by atoms with Crippen LogP contribution in [0.15, 0.2) is 46.7 Å². The van der Waals surface area contributed by atoms with Crippen LogP contribution < -0.4 is 20.1 Å². The molecule has 2 aromatic heterocycles. The highest BCUT2D eigenvalue weighted by molar-refractivity contribution is 6.18. The van der Waals surface area contributed by atoms with Gasteiger partial charge in [-0.2, -0.15) is 4.98 Å². The van der Waals surface area contributed by atoms with Crippen LogP contribution in [0.4, 0.5) is 10.5 Å². The molecule has 236 valence electrons. The molecule has 12 heteroatoms. The minimum atomic E-state index is -0.378. The lowest BCUT2D eigenvalue weighted by Crippen LogP contribution is -2.45. The number of hydrogen-bond acceptors (Lipinski definition) is 9. The number of allylic oxidation sites excluding steroid dienone is 2. The van der Waals surface area contributed by atoms with E-state index in [2.05, 4.69) is 37.2 Å². The number of benzene rings is 2. The zero-order valence-corrected chi connectivity index (χ0v) is 26.6. The molecule has 2 amide bonds. The van der Waals surface area contributed by atoms with Gasteiger partial charge in [-0.15, -0.1) is 0 Å². The van der Waals surface area contributed by atoms with Crippen molar-refractivity contribution < 1.29 is 23.6 Å². The van der Waals surface area contributed by atoms with E-state index in [4.69, 9.17) is 19.0 Å². The lowest BCUT2D eigenvalue weighted by molar-refractivity contribution is 0.101. The summed E-state index contributed by atoms with van der Waals surface area (Å²) >= 11 is 0. The summed E-state index contributed by atoms with van der Waals surface area (Å²) in [6.45, 7) is 11.5. The highest BCUT2D eigenvalue weighted by atomic mass is 16.5. The number of nitrogens with zero attached hydrogens (tertiary/aromatic N) is 5. The zero-order chi connectivity index (χ0) is 31.8. The van der Waals surface area contributed by atoms with Crippen molar-refractivity contribution >= 4 is 34.0 Å². The summed E-state index contributed by atoms with van der Waals surface area (Å²) in [5.41, 5.74) is 3.94. The van der Waals surface area contributed by atoms with Gasteiger partial charge in [0.2, 0.25) is 5.78 Å². The number of Topliss-reactive ketones (excluding diaryl/α,β-unsaturated/α-hetero) is 1. The third-order valence-corrected chi connectivity index (χ3v) is 8.51. The number of anilines is 1. The molecule has 4 aromatic rings. The fraction of sp³-hybridized carbons (Fsp3) is 0.394. The maximum Gasteiger partial charge on any atom is 0.318 e. The summed E-state index contributed by atoms with van der Waals surface area (Å²) in [7, 11) is 5.31. The van der Waals surface area contributed by atoms with Crippen LogP contribution in [0.1, 0.15) is 48.4 Å². The third-order valence-electron chi connectivity index (χ3n) is 8.51. The molecule has 45 heavy (non-hydrogen) atoms. The van der Waals surface area contributed by atoms with Gasteiger partial charge in [0, 0.05) is 80.0 Å². The molecule has 2 aromatic carbocycles. The molecule has 1 saturated heterocycles. The molecular formula is C33H39N7O5. The first-order chi connectivity index (χ1) is 21.7. The van der Waals surface area contributed by atoms with E-state index in [9.17, 15) is 9.59 Å². The number of ether oxygens (including phenoxy) is 2. The number of urea groups is 1. The number of methoxy groups -OCH3 is 1. The second-order valence-corrected chi connectivity index (χ2v) is 11.8. The van der Waals surface area contributed by atoms with Crippen LogP contribution in [0.2, 0.25) is 0 Å². The van der Waals surface area contributed by atoms with Gasteiger partial charge in [0.1, 0.15) is 17.2 Å². The van der Waals surface area contributed by atoms with Crippen LogP contribution in [-0.2, 0) is 6.54 Å². The Bertz CT molecular complexity index is 1800. The van der Waals surface area contributed by atoms with Crippen LogP contribution >= 0.6 is 0 Å². The molecule has 2 N–H and O–H groups in total. The van der Waals surface area contributed by atoms with E-state index in [1.54, 1.807) is 25.3 Å². The number of carbonyl (C=O) groups excluding carboxylic acids is 2. The van der Waals surface area contributed by atoms with Crippen molar-refractivity contribution in [3.05, 3.63) is 59.1 Å². The number of ketones is 1. The number of piperazine rings is 1. The number of rotatable bonds is 8. The molecule has 0 radical (unpaired) electrons. The van der Waals surface area contributed by atoms with E-state index in [0.29, 0.717) is 46.6 Å². The van der Waals surface area contributed by atoms with E-state index in [-0.39, 0.29) is 23.5 Å². The Morgan fingerprint density at radius 3 is 2.56 bits per heavy atom. The summed E-state index contributed by atoms with van der Waals surface area (Å²) in [4.78, 5) is 35.4. The standard InChI is InChI=1S/C33H39N7O5/c1-19(2)31-36-32(45-37-31)28-27(20(3)30-29(41)24-17-21(35-33(42)34-4)7-10-26(24)44-30)23-18-22(43-6)8-9-25(23)40(28)16-15-39-13-11-38(5)12-14-39/h7-10,17-19H,11-16H2,1-6H3,(H2,34,35,42)/b30-20+. The Morgan fingerprint density at radius 2 is 1.87 bits per heavy atom. The molecular weight excluding hydrogens is 574 g/mol. The number of amides is 2. The van der Waals surface area contributed by atoms with Crippen LogP contribution in [0.25, 0.3) is 28.1 Å². The topological polar surface area (TPSA) is 127 Å². The Labute approximate surface area is 262 Å². The van der Waals surface area contributed by atoms with Crippen LogP contribution in [-0.4, -0.2) is 90.3 Å². The van der Waals surface area contributed by atoms with E-state index < -0.39 is 0 Å². The first-order valence-electron chi connectivity index (χ1n) is 15.2. The van der Waals surface area contributed by atoms with E-state index >= 15 is 0 Å². The van der Waals surface area contributed by atoms with Gasteiger partial charge in [0.05, 0.1) is 12.7 Å². The molecule has 0 saturated carbocycles. The quantitative estimate of drug-likeness (QED) is 0.269. The zero-order valence-electron chi connectivity index (χ0n) is 26.6. The summed E-state index contributed by atoms with van der Waals surface area (Å²) in [6.07, 6.45) is 0. The van der Waals surface area contributed by atoms with E-state index in [0.717, 1.165) is 54.9 Å². The van der Waals surface area contributed by atoms with Gasteiger partial charge in [-0.3, -0.25) is 9.69 Å². The van der Waals surface area contributed by atoms with Crippen molar-refractivity contribution in [3.63, 3.8) is 0 Å². The minimum absolute atomic E-state index is 0.0699. The molecule has 4 heterocycles. The normalized spacial score (nSPS) is 16.6. The van der Waals surface area contributed by atoms with Crippen molar-refractivity contribution in [3.8, 4) is 23.1 Å². The van der Waals surface area contributed by atoms with E-state index in [1.807, 2.05) is 39.0 Å². The van der Waals surface area contributed by atoms with Crippen molar-refractivity contribution in [1.82, 2.24) is 29.8 Å². The summed E-state index contributed by atoms with van der Waals surface area (Å²) in [6, 6.07) is 10.6. The molecule has 12 nitrogen and oxygen atoms in total. The summed E-state index contributed by atoms with van der Waals surface area (Å²) in [5, 5.41) is 10.4. The fourth-order valence-electron chi connectivity index (χ4n) is 5.88. The van der Waals surface area contributed by atoms with Crippen LogP contribution in [0.3, 0.4) is 0 Å². The second kappa shape index (κ2) is 12.4. The molecule has 0 aliphatic carbocycles. The highest BCUT2D eigenvalue weighted by Crippen LogP contribution is 2.43. The number of likely N-dealkylation sites (N-methyl/N-ethyl adjacent to an activating group) is 1. The van der Waals surface area contributed by atoms with Crippen LogP contribution in [0, 0.1) is 0 Å². The number of nitrogens with one attached hydrogen (secondary N) is 2. The minimum Gasteiger partial charge on any atom is -0.497 e. The second-order valence-electron chi connectivity index (χ2n) is 11.8. The number of carbonyl (C=O) groups is 2. The van der Waals surface area contributed by atoms with Crippen molar-refractivity contribution in [2.45, 2.75) is 33.2 Å². The smallest absolute Gasteiger partial charge is 0.318 e. The Balaban J connectivity index is 1.50. The predicted octanol–water partition coefficient (Wildman–Crippen LogP) is 4.83. The summed E-state index contributed by atoms with van der Waals surface area (Å²) in [5.74, 6) is 2.09. The largest absolute Gasteiger partial charge is 0.497 e. The molecule has 1 fully saturated rings. The Kier molecular flexibility index (Phi) is 8.34. The number of aromatic nitrogens is 3. The lowest BCUT2D eigenvalue weighted by Gasteiger charge is -2.32. The Hall–Kier alpha value is -4.68. The molecule has 2 aliphatic rings. The first-order valence-corrected chi connectivity index (χ1v) is 15.2. The maximum atomic E-state index is 13.9. The van der Waals surface area contributed by atoms with E-state index in [1.165, 1.54) is 7.05 Å². The van der Waals surface area contributed by atoms with Gasteiger partial charge in [-0.25, -0.2) is 4.79 Å². The van der Waals surface area contributed by atoms with Gasteiger partial charge in [0.25, 0.3) is 5.89 Å². The molecule has 6 rings (SSSR count). The highest BCUT2D eigenvalue weighted by Gasteiger charge is 2.34. The molecule has 0 unspecified atom stereocenters. The van der Waals surface area contributed by atoms with Gasteiger partial charge < -0.3 is 34.1 Å². The SMILES string of the molecule is CNC(=O)Nc1ccc2c(c1)C(=O)/C(=C(/C)c1c(-c3nc(C(C)C)no3)n(CCN3CCN(C)CC3)c3ccc(OC)cc13)O2. The predicted molar refractivity (Wildman–Crippen MR) is 172 cm³/mol. The van der Waals surface area contributed by atoms with Crippen molar-refractivity contribution in [2.75, 3.05) is 59.2 Å². The Morgan fingerprint density at radius 1 is 1.09 bits per heavy atom. The maximum absolute atomic E-state index is 13.9. The lowest BCUT2D eigenvalue weighted by atomic mass is 9.99. The van der Waals surface area contributed by atoms with Crippen LogP contribution in [0.5, 0.6) is 11.5 Å². The fourth-order valence-corrected chi connectivity index (χ4v) is 5.88. The van der Waals surface area contributed by atoms with Gasteiger partial charge >= 0.3 is 6.03 Å². The monoisotopic (exact) mass is 613 g/mol. The van der Waals surface area contributed by atoms with Gasteiger partial charge in [-0.05, 0) is 50.4 Å². The number of fused-ring (bicyclic) bond motifs is 2. The number of hydrogen-bond donors (Lipinski definition) is 2. The summed E-state index contributed by atoms with van der Waals surface area (Å²) < 4.78 is 20.0. The van der Waals surface area contributed by atoms with Crippen molar-refractivity contribution in [2.24, 2.45) is 0 Å². The average molecular weight is 614 g/mol. The third kappa shape index (κ3) is 5.78. The average Bonchev–Trinajstić information content (AvgIpc) is 3.74. The van der Waals surface area contributed by atoms with Gasteiger partial charge in [-0.1, -0.05) is 19.0 Å². The van der Waals surface area contributed by atoms with Gasteiger partial charge in [0.15, 0.2) is 11.6 Å². The molecule has 0 spiro atoms. The first kappa shape index (κ1) is 30.4. The van der Waals surface area contributed by atoms with Crippen molar-refractivity contribution in [1.29, 1.82) is 0 Å². The molecule has 0 atom stereocenters. The molecule has 0 bridgehead atoms. The molecule has 2 aliphatic heterocycles.